The molecular formula is C11H7F3N4O2S. The molecule has 1 aromatic heterocycles. The molecule has 2 rings (SSSR count). The molecule has 2 aromatic rings. The van der Waals surface area contributed by atoms with Crippen molar-refractivity contribution in [2.75, 3.05) is 11.1 Å². The highest BCUT2D eigenvalue weighted by Crippen LogP contribution is 2.33. The van der Waals surface area contributed by atoms with Gasteiger partial charge in [0.05, 0.1) is 28.1 Å². The van der Waals surface area contributed by atoms with E-state index >= 15 is 0 Å². The molecule has 21 heavy (non-hydrogen) atoms. The lowest BCUT2D eigenvalue weighted by Gasteiger charge is -2.11. The van der Waals surface area contributed by atoms with Gasteiger partial charge in [0.15, 0.2) is 0 Å². The Hall–Kier alpha value is -2.41. The first-order valence-electron chi connectivity index (χ1n) is 5.39. The van der Waals surface area contributed by atoms with Crippen LogP contribution in [0.2, 0.25) is 0 Å². The first kappa shape index (κ1) is 15.0. The van der Waals surface area contributed by atoms with Gasteiger partial charge in [-0.25, -0.2) is 4.79 Å². The van der Waals surface area contributed by atoms with Crippen molar-refractivity contribution >= 4 is 22.9 Å². The summed E-state index contributed by atoms with van der Waals surface area (Å²) in [5, 5.41) is 8.62. The van der Waals surface area contributed by atoms with Crippen LogP contribution in [0.1, 0.15) is 11.1 Å². The first-order valence-corrected chi connectivity index (χ1v) is 6.61. The number of benzene rings is 1. The van der Waals surface area contributed by atoms with Gasteiger partial charge in [-0.15, -0.1) is 0 Å². The van der Waals surface area contributed by atoms with Gasteiger partial charge in [-0.05, 0) is 24.1 Å². The van der Waals surface area contributed by atoms with E-state index in [1.54, 1.807) is 6.26 Å². The Bertz CT molecular complexity index is 863. The zero-order valence-electron chi connectivity index (χ0n) is 10.4. The maximum atomic E-state index is 12.8. The molecule has 10 heteroatoms. The summed E-state index contributed by atoms with van der Waals surface area (Å²) in [5.41, 5.74) is -3.92. The summed E-state index contributed by atoms with van der Waals surface area (Å²) >= 11 is 0.957. The number of alkyl halides is 3. The van der Waals surface area contributed by atoms with Crippen LogP contribution >= 0.6 is 11.9 Å². The first-order chi connectivity index (χ1) is 9.79. The second-order valence-corrected chi connectivity index (χ2v) is 4.51. The van der Waals surface area contributed by atoms with Crippen molar-refractivity contribution in [3.63, 3.8) is 0 Å². The number of rotatable bonds is 2. The average Bonchev–Trinajstić information content (AvgIpc) is 2.41. The number of aromatic amines is 1. The zero-order chi connectivity index (χ0) is 15.8. The summed E-state index contributed by atoms with van der Waals surface area (Å²) in [6.07, 6.45) is -3.20. The second-order valence-electron chi connectivity index (χ2n) is 3.92. The number of nitrogens with one attached hydrogen (secondary N) is 2. The Morgan fingerprint density at radius 3 is 2.57 bits per heavy atom. The molecule has 0 atom stereocenters. The third-order valence-electron chi connectivity index (χ3n) is 2.64. The van der Waals surface area contributed by atoms with Gasteiger partial charge >= 0.3 is 11.9 Å². The van der Waals surface area contributed by atoms with Crippen molar-refractivity contribution in [2.45, 2.75) is 6.18 Å². The molecule has 0 amide bonds. The fourth-order valence-corrected chi connectivity index (χ4v) is 2.11. The number of nitriles is 1. The Morgan fingerprint density at radius 2 is 2.05 bits per heavy atom. The highest BCUT2D eigenvalue weighted by molar-refractivity contribution is 7.99. The number of nitrogens with zero attached hydrogens (tertiary/aromatic N) is 2. The Labute approximate surface area is 119 Å². The smallest absolute Gasteiger partial charge is 0.305 e. The largest absolute Gasteiger partial charge is 0.417 e. The van der Waals surface area contributed by atoms with Crippen LogP contribution in [-0.2, 0) is 6.18 Å². The Morgan fingerprint density at radius 1 is 1.38 bits per heavy atom. The van der Waals surface area contributed by atoms with E-state index < -0.39 is 28.6 Å². The van der Waals surface area contributed by atoms with Crippen molar-refractivity contribution < 1.29 is 13.2 Å². The van der Waals surface area contributed by atoms with E-state index in [0.717, 1.165) is 18.0 Å². The SMILES string of the molecule is CSNn1c(=O)[nH]c2cc(C(F)(F)F)c(C#N)cc2c1=O. The zero-order valence-corrected chi connectivity index (χ0v) is 11.2. The summed E-state index contributed by atoms with van der Waals surface area (Å²) in [6.45, 7) is 0. The predicted molar refractivity (Wildman–Crippen MR) is 71.4 cm³/mol. The summed E-state index contributed by atoms with van der Waals surface area (Å²) in [6, 6.07) is 2.80. The van der Waals surface area contributed by atoms with E-state index in [1.165, 1.54) is 6.07 Å². The van der Waals surface area contributed by atoms with Crippen LogP contribution in [0.25, 0.3) is 10.9 Å². The average molecular weight is 316 g/mol. The Balaban J connectivity index is 2.90. The van der Waals surface area contributed by atoms with E-state index in [2.05, 4.69) is 9.82 Å². The lowest BCUT2D eigenvalue weighted by Crippen LogP contribution is -2.39. The number of hydrogen-bond acceptors (Lipinski definition) is 5. The van der Waals surface area contributed by atoms with Crippen molar-refractivity contribution in [3.05, 3.63) is 44.1 Å². The molecule has 1 heterocycles. The highest BCUT2D eigenvalue weighted by Gasteiger charge is 2.34. The van der Waals surface area contributed by atoms with Crippen LogP contribution in [0.15, 0.2) is 21.7 Å². The summed E-state index contributed by atoms with van der Waals surface area (Å²) < 4.78 is 39.1. The molecule has 6 nitrogen and oxygen atoms in total. The van der Waals surface area contributed by atoms with Crippen molar-refractivity contribution in [3.8, 4) is 6.07 Å². The fraction of sp³-hybridized carbons (Fsp3) is 0.182. The molecule has 0 fully saturated rings. The molecular weight excluding hydrogens is 309 g/mol. The van der Waals surface area contributed by atoms with Crippen LogP contribution in [0, 0.1) is 11.3 Å². The minimum atomic E-state index is -4.76. The fourth-order valence-electron chi connectivity index (χ4n) is 1.77. The lowest BCUT2D eigenvalue weighted by molar-refractivity contribution is -0.137. The van der Waals surface area contributed by atoms with Crippen molar-refractivity contribution in [2.24, 2.45) is 0 Å². The normalized spacial score (nSPS) is 11.4. The molecule has 0 saturated heterocycles. The predicted octanol–water partition coefficient (Wildman–Crippen LogP) is 1.40. The van der Waals surface area contributed by atoms with Crippen LogP contribution in [-0.4, -0.2) is 15.9 Å². The van der Waals surface area contributed by atoms with Crippen LogP contribution in [0.4, 0.5) is 13.2 Å². The van der Waals surface area contributed by atoms with Gasteiger partial charge in [-0.2, -0.15) is 23.1 Å². The van der Waals surface area contributed by atoms with Crippen LogP contribution in [0.3, 0.4) is 0 Å². The van der Waals surface area contributed by atoms with Crippen LogP contribution < -0.4 is 16.1 Å². The Kier molecular flexibility index (Phi) is 3.69. The van der Waals surface area contributed by atoms with Crippen LogP contribution in [0.5, 0.6) is 0 Å². The summed E-state index contributed by atoms with van der Waals surface area (Å²) in [7, 11) is 0. The third-order valence-corrected chi connectivity index (χ3v) is 3.01. The van der Waals surface area contributed by atoms with E-state index in [9.17, 15) is 22.8 Å². The van der Waals surface area contributed by atoms with Gasteiger partial charge in [0.2, 0.25) is 0 Å². The lowest BCUT2D eigenvalue weighted by atomic mass is 10.1. The maximum absolute atomic E-state index is 12.8. The number of fused-ring (bicyclic) bond motifs is 1. The molecule has 1 aromatic carbocycles. The number of halogens is 3. The topological polar surface area (TPSA) is 90.7 Å². The summed E-state index contributed by atoms with van der Waals surface area (Å²) in [5.74, 6) is 0. The van der Waals surface area contributed by atoms with E-state index in [4.69, 9.17) is 5.26 Å². The summed E-state index contributed by atoms with van der Waals surface area (Å²) in [4.78, 5) is 28.2. The molecule has 0 aliphatic carbocycles. The molecule has 0 unspecified atom stereocenters. The van der Waals surface area contributed by atoms with Gasteiger partial charge in [-0.3, -0.25) is 9.63 Å². The van der Waals surface area contributed by atoms with Gasteiger partial charge in [-0.1, -0.05) is 0 Å². The van der Waals surface area contributed by atoms with E-state index in [1.807, 2.05) is 0 Å². The number of aromatic nitrogens is 2. The number of hydrogen-bond donors (Lipinski definition) is 2. The van der Waals surface area contributed by atoms with Crippen molar-refractivity contribution in [1.82, 2.24) is 9.66 Å². The number of H-pyrrole nitrogens is 1. The molecule has 0 aliphatic heterocycles. The van der Waals surface area contributed by atoms with E-state index in [-0.39, 0.29) is 10.9 Å². The molecule has 0 saturated carbocycles. The minimum absolute atomic E-state index is 0.194. The molecule has 110 valence electrons. The standard InChI is InChI=1S/C11H7F3N4O2S/c1-21-17-18-9(19)6-2-5(4-15)7(11(12,13)14)3-8(6)16-10(18)20/h2-3,17H,1H3,(H,16,20). The van der Waals surface area contributed by atoms with Gasteiger partial charge in [0.1, 0.15) is 0 Å². The monoisotopic (exact) mass is 316 g/mol. The molecule has 0 bridgehead atoms. The molecule has 0 spiro atoms. The van der Waals surface area contributed by atoms with E-state index in [0.29, 0.717) is 10.7 Å². The third kappa shape index (κ3) is 2.59. The molecule has 2 N–H and O–H groups in total. The second kappa shape index (κ2) is 5.17. The highest BCUT2D eigenvalue weighted by atomic mass is 32.2. The van der Waals surface area contributed by atoms with Gasteiger partial charge in [0.25, 0.3) is 5.56 Å². The van der Waals surface area contributed by atoms with Crippen molar-refractivity contribution in [1.29, 1.82) is 5.26 Å². The molecule has 0 aliphatic rings. The minimum Gasteiger partial charge on any atom is -0.305 e. The maximum Gasteiger partial charge on any atom is 0.417 e. The quantitative estimate of drug-likeness (QED) is 0.817. The van der Waals surface area contributed by atoms with Gasteiger partial charge < -0.3 is 4.98 Å². The molecule has 0 radical (unpaired) electrons. The van der Waals surface area contributed by atoms with Gasteiger partial charge in [0, 0.05) is 6.26 Å².